The van der Waals surface area contributed by atoms with E-state index in [1.54, 1.807) is 42.3 Å². The Kier molecular flexibility index (Phi) is 18.0. The molecule has 4 saturated heterocycles. The second-order valence-electron chi connectivity index (χ2n) is 23.9. The number of esters is 1. The zero-order valence-electron chi connectivity index (χ0n) is 46.9. The maximum absolute atomic E-state index is 13.6. The first-order valence-electron chi connectivity index (χ1n) is 27.6. The van der Waals surface area contributed by atoms with Gasteiger partial charge in [-0.05, 0) is 105 Å². The van der Waals surface area contributed by atoms with Crippen molar-refractivity contribution in [3.05, 3.63) is 23.3 Å². The average Bonchev–Trinajstić information content (AvgIpc) is 3.59. The number of ketones is 1. The van der Waals surface area contributed by atoms with Crippen LogP contribution < -0.4 is 0 Å². The first-order valence-corrected chi connectivity index (χ1v) is 27.6. The summed E-state index contributed by atoms with van der Waals surface area (Å²) < 4.78 is 81.6. The number of hydrogen-bond donors (Lipinski definition) is 4. The molecule has 428 valence electrons. The minimum Gasteiger partial charge on any atom is -0.458 e. The number of fused-ring (bicyclic) bond motifs is 5. The molecule has 7 fully saturated rings. The molecule has 4 aliphatic carbocycles. The molecule has 0 unspecified atom stereocenters. The van der Waals surface area contributed by atoms with Gasteiger partial charge >= 0.3 is 5.97 Å². The molecule has 19 nitrogen and oxygen atoms in total. The molecule has 4 heterocycles. The molecule has 4 aliphatic heterocycles. The van der Waals surface area contributed by atoms with E-state index in [-0.39, 0.29) is 43.8 Å². The number of methoxy groups -OCH3 is 4. The van der Waals surface area contributed by atoms with E-state index in [1.165, 1.54) is 13.0 Å². The van der Waals surface area contributed by atoms with E-state index in [4.69, 9.17) is 61.6 Å². The number of aliphatic hydroxyl groups is 4. The maximum atomic E-state index is 13.6. The van der Waals surface area contributed by atoms with E-state index in [2.05, 4.69) is 6.92 Å². The minimum atomic E-state index is -2.02. The van der Waals surface area contributed by atoms with E-state index >= 15 is 0 Å². The third-order valence-electron chi connectivity index (χ3n) is 19.6. The smallest absolute Gasteiger partial charge is 0.330 e. The number of aliphatic hydroxyl groups excluding tert-OH is 1. The van der Waals surface area contributed by atoms with Crippen molar-refractivity contribution in [1.82, 2.24) is 0 Å². The van der Waals surface area contributed by atoms with Crippen molar-refractivity contribution in [2.24, 2.45) is 22.7 Å². The lowest BCUT2D eigenvalue weighted by Crippen LogP contribution is -2.78. The van der Waals surface area contributed by atoms with Crippen LogP contribution in [0.3, 0.4) is 0 Å². The molecule has 19 heteroatoms. The van der Waals surface area contributed by atoms with E-state index in [1.807, 2.05) is 47.6 Å². The second kappa shape index (κ2) is 22.8. The van der Waals surface area contributed by atoms with Crippen molar-refractivity contribution in [2.75, 3.05) is 28.4 Å². The Morgan fingerprint density at radius 3 is 1.60 bits per heavy atom. The van der Waals surface area contributed by atoms with Crippen LogP contribution in [0.2, 0.25) is 0 Å². The summed E-state index contributed by atoms with van der Waals surface area (Å²) in [5.74, 6) is -1.61. The van der Waals surface area contributed by atoms with Gasteiger partial charge in [0.2, 0.25) is 0 Å². The Morgan fingerprint density at radius 1 is 0.667 bits per heavy atom. The Bertz CT molecular complexity index is 2070. The highest BCUT2D eigenvalue weighted by Gasteiger charge is 2.81. The zero-order chi connectivity index (χ0) is 54.7. The number of rotatable bonds is 16. The summed E-state index contributed by atoms with van der Waals surface area (Å²) in [6.07, 6.45) is -2.49. The van der Waals surface area contributed by atoms with Gasteiger partial charge in [-0.1, -0.05) is 38.0 Å². The molecule has 75 heavy (non-hydrogen) atoms. The van der Waals surface area contributed by atoms with Crippen LogP contribution in [-0.2, 0) is 71.2 Å². The third kappa shape index (κ3) is 10.6. The van der Waals surface area contributed by atoms with Gasteiger partial charge in [0.05, 0.1) is 60.4 Å². The van der Waals surface area contributed by atoms with E-state index in [9.17, 15) is 30.0 Å². The Labute approximate surface area is 443 Å². The summed E-state index contributed by atoms with van der Waals surface area (Å²) in [5, 5.41) is 48.5. The van der Waals surface area contributed by atoms with Crippen molar-refractivity contribution in [1.29, 1.82) is 0 Å². The SMILES string of the molecule is CO[C@@H]1C[C@H](O[C@@H]2[C@@H](C)O[C@@H](O[C@@H]3[C@@H](C)O[C@@H](O[C@@H]4[C@@H](C)O[C@@H](O[C@@H]5CC[C@@]6(C)C(=CC[C@@]7(O)[C@@H]6C[C@@H](OC(=O)/C=C(\C)C(C)C)[C@@]6(C)[C@@]7(O)CC[C@@]6(O)C(C)=O)C5)C[C@H]4OC)C[C@H]3OC)C[C@H]2OC)O[C@H](C)[C@H]1O. The standard InChI is InChI=1S/C56H90O19/c1-28(2)29(3)21-43(58)72-42-27-41-52(9)17-16-36(22-35(52)15-18-55(41,61)56(62)20-19-54(60,34(8)57)53(42,56)10)71-44-24-38(64-12)49(31(5)68-44)74-46-26-40(66-14)51(33(7)70-46)75-47-25-39(65-13)50(32(6)69-47)73-45-23-37(63-11)48(59)30(4)67-45/h15,21,28,30-33,36-42,44-51,59-62H,16-20,22-27H2,1-14H3/b29-21+/t30-,31-,32-,33-,36-,37-,38-,39-,40-,41-,42-,44+,45+,46+,47+,48-,49-,50-,51-,52+,53-,54-,55-,56+/m1/s1. The molecule has 3 saturated carbocycles. The molecule has 0 bridgehead atoms. The fourth-order valence-electron chi connectivity index (χ4n) is 14.6. The van der Waals surface area contributed by atoms with Gasteiger partial charge in [-0.2, -0.15) is 0 Å². The van der Waals surface area contributed by atoms with Crippen molar-refractivity contribution < 1.29 is 91.6 Å². The molecule has 0 aromatic carbocycles. The molecule has 8 aliphatic rings. The number of carbonyl (C=O) groups is 2. The van der Waals surface area contributed by atoms with Crippen LogP contribution in [0.1, 0.15) is 140 Å². The van der Waals surface area contributed by atoms with Gasteiger partial charge in [-0.15, -0.1) is 0 Å². The number of carbonyl (C=O) groups excluding carboxylic acids is 2. The average molecular weight is 1070 g/mol. The molecule has 0 amide bonds. The molecule has 0 aromatic rings. The number of hydrogen-bond acceptors (Lipinski definition) is 19. The molecular formula is C56H90O19. The van der Waals surface area contributed by atoms with E-state index in [0.717, 1.165) is 11.1 Å². The van der Waals surface area contributed by atoms with Gasteiger partial charge in [-0.3, -0.25) is 4.79 Å². The monoisotopic (exact) mass is 1070 g/mol. The fraction of sp³-hybridized carbons (Fsp3) is 0.893. The molecule has 24 atom stereocenters. The summed E-state index contributed by atoms with van der Waals surface area (Å²) in [7, 11) is 6.49. The first-order chi connectivity index (χ1) is 35.3. The van der Waals surface area contributed by atoms with Crippen LogP contribution in [0.5, 0.6) is 0 Å². The second-order valence-corrected chi connectivity index (χ2v) is 23.9. The van der Waals surface area contributed by atoms with E-state index in [0.29, 0.717) is 44.9 Å². The van der Waals surface area contributed by atoms with Gasteiger partial charge < -0.3 is 82.0 Å². The summed E-state index contributed by atoms with van der Waals surface area (Å²) in [4.78, 5) is 26.9. The molecule has 4 N–H and O–H groups in total. The lowest BCUT2D eigenvalue weighted by atomic mass is 9.42. The molecule has 0 spiro atoms. The summed E-state index contributed by atoms with van der Waals surface area (Å²) in [5.41, 5.74) is -6.10. The zero-order valence-corrected chi connectivity index (χ0v) is 46.9. The summed E-state index contributed by atoms with van der Waals surface area (Å²) in [6.45, 7) is 18.4. The van der Waals surface area contributed by atoms with E-state index < -0.39 is 144 Å². The fourth-order valence-corrected chi connectivity index (χ4v) is 14.6. The van der Waals surface area contributed by atoms with Crippen LogP contribution in [0, 0.1) is 22.7 Å². The highest BCUT2D eigenvalue weighted by Crippen LogP contribution is 2.71. The lowest BCUT2D eigenvalue weighted by Gasteiger charge is -2.67. The Balaban J connectivity index is 0.877. The maximum Gasteiger partial charge on any atom is 0.330 e. The molecule has 0 radical (unpaired) electrons. The first kappa shape index (κ1) is 59.1. The third-order valence-corrected chi connectivity index (χ3v) is 19.6. The van der Waals surface area contributed by atoms with Crippen LogP contribution in [0.4, 0.5) is 0 Å². The Morgan fingerprint density at radius 2 is 1.13 bits per heavy atom. The van der Waals surface area contributed by atoms with Gasteiger partial charge in [0.15, 0.2) is 30.9 Å². The largest absolute Gasteiger partial charge is 0.458 e. The predicted octanol–water partition coefficient (Wildman–Crippen LogP) is 5.12. The van der Waals surface area contributed by atoms with Crippen LogP contribution in [0.15, 0.2) is 23.3 Å². The number of Topliss-reactive ketones (excluding diaryl/α,β-unsaturated/α-hetero) is 1. The van der Waals surface area contributed by atoms with Gasteiger partial charge in [0, 0.05) is 66.1 Å². The quantitative estimate of drug-likeness (QED) is 0.0892. The van der Waals surface area contributed by atoms with Gasteiger partial charge in [0.1, 0.15) is 47.3 Å². The normalized spacial score (nSPS) is 49.3. The molecular weight excluding hydrogens is 977 g/mol. The van der Waals surface area contributed by atoms with Gasteiger partial charge in [-0.25, -0.2) is 4.79 Å². The summed E-state index contributed by atoms with van der Waals surface area (Å²) >= 11 is 0. The van der Waals surface area contributed by atoms with Crippen molar-refractivity contribution >= 4 is 11.8 Å². The molecule has 8 rings (SSSR count). The highest BCUT2D eigenvalue weighted by atomic mass is 16.8. The Hall–Kier alpha value is -2.02. The van der Waals surface area contributed by atoms with Crippen molar-refractivity contribution in [2.45, 2.75) is 267 Å². The topological polar surface area (TPSA) is 235 Å². The van der Waals surface area contributed by atoms with Gasteiger partial charge in [0.25, 0.3) is 0 Å². The van der Waals surface area contributed by atoms with Crippen LogP contribution in [0.25, 0.3) is 0 Å². The minimum absolute atomic E-state index is 0.0344. The van der Waals surface area contributed by atoms with Crippen molar-refractivity contribution in [3.63, 3.8) is 0 Å². The van der Waals surface area contributed by atoms with Crippen LogP contribution >= 0.6 is 0 Å². The van der Waals surface area contributed by atoms with Crippen molar-refractivity contribution in [3.8, 4) is 0 Å². The summed E-state index contributed by atoms with van der Waals surface area (Å²) in [6, 6.07) is 0. The number of allylic oxidation sites excluding steroid dienone is 1. The lowest BCUT2D eigenvalue weighted by molar-refractivity contribution is -0.347. The van der Waals surface area contributed by atoms with Crippen LogP contribution in [-0.4, -0.2) is 188 Å². The number of ether oxygens (including phenoxy) is 13. The highest BCUT2D eigenvalue weighted by molar-refractivity contribution is 5.87. The predicted molar refractivity (Wildman–Crippen MR) is 269 cm³/mol. The molecule has 0 aromatic heterocycles.